The van der Waals surface area contributed by atoms with E-state index in [0.717, 1.165) is 6.20 Å². The molecule has 1 aliphatic rings. The first-order valence-electron chi connectivity index (χ1n) is 6.88. The first-order valence-corrected chi connectivity index (χ1v) is 7.26. The smallest absolute Gasteiger partial charge is 0.275 e. The highest BCUT2D eigenvalue weighted by atomic mass is 35.5. The summed E-state index contributed by atoms with van der Waals surface area (Å²) in [6.07, 6.45) is 2.07. The van der Waals surface area contributed by atoms with Crippen LogP contribution in [0.4, 0.5) is 5.82 Å². The molecule has 1 aromatic rings. The summed E-state index contributed by atoms with van der Waals surface area (Å²) in [6, 6.07) is 3.28. The van der Waals surface area contributed by atoms with Gasteiger partial charge in [-0.1, -0.05) is 11.6 Å². The fourth-order valence-electron chi connectivity index (χ4n) is 1.90. The summed E-state index contributed by atoms with van der Waals surface area (Å²) in [5.74, 6) is -0.00908. The van der Waals surface area contributed by atoms with E-state index in [2.05, 4.69) is 21.2 Å². The van der Waals surface area contributed by atoms with Crippen LogP contribution in [0.2, 0.25) is 5.02 Å². The van der Waals surface area contributed by atoms with E-state index in [1.165, 1.54) is 6.20 Å². The number of nitro groups is 1. The normalized spacial score (nSPS) is 20.1. The lowest BCUT2D eigenvalue weighted by Gasteiger charge is -2.18. The molecule has 1 fully saturated rings. The highest BCUT2D eigenvalue weighted by molar-refractivity contribution is 6.30. The minimum Gasteiger partial charge on any atom is -0.363 e. The molecule has 126 valence electrons. The molecule has 2 heterocycles. The molecule has 0 radical (unpaired) electrons. The first kappa shape index (κ1) is 17.3. The monoisotopic (exact) mass is 343 g/mol. The summed E-state index contributed by atoms with van der Waals surface area (Å²) < 4.78 is 11.1. The van der Waals surface area contributed by atoms with Gasteiger partial charge in [-0.15, -0.1) is 0 Å². The molecule has 0 aliphatic carbocycles. The highest BCUT2D eigenvalue weighted by Gasteiger charge is 2.32. The second kappa shape index (κ2) is 7.44. The van der Waals surface area contributed by atoms with Crippen LogP contribution in [-0.4, -0.2) is 35.0 Å². The molecule has 1 aliphatic heterocycles. The number of nitrogens with zero attached hydrogens (tertiary/aromatic N) is 2. The van der Waals surface area contributed by atoms with Crippen molar-refractivity contribution in [2.75, 3.05) is 18.6 Å². The zero-order chi connectivity index (χ0) is 16.9. The van der Waals surface area contributed by atoms with Crippen LogP contribution in [-0.2, 0) is 9.47 Å². The van der Waals surface area contributed by atoms with Crippen LogP contribution in [0.5, 0.6) is 0 Å². The summed E-state index contributed by atoms with van der Waals surface area (Å²) in [6.45, 7) is 4.39. The van der Waals surface area contributed by atoms with Gasteiger partial charge in [0.2, 0.25) is 0 Å². The molecular formula is C13H18ClN5O4. The number of pyridine rings is 1. The topological polar surface area (TPSA) is 111 Å². The zero-order valence-corrected chi connectivity index (χ0v) is 13.5. The fourth-order valence-corrected chi connectivity index (χ4v) is 2.01. The molecule has 9 nitrogen and oxygen atoms in total. The van der Waals surface area contributed by atoms with Crippen LogP contribution in [0.25, 0.3) is 0 Å². The Morgan fingerprint density at radius 2 is 2.39 bits per heavy atom. The Labute approximate surface area is 138 Å². The summed E-state index contributed by atoms with van der Waals surface area (Å²) >= 11 is 5.74. The minimum absolute atomic E-state index is 0.167. The number of ether oxygens (including phenoxy) is 2. The van der Waals surface area contributed by atoms with Gasteiger partial charge in [-0.25, -0.2) is 4.98 Å². The molecule has 0 saturated carbocycles. The van der Waals surface area contributed by atoms with Gasteiger partial charge in [0.25, 0.3) is 6.20 Å². The van der Waals surface area contributed by atoms with E-state index >= 15 is 0 Å². The number of anilines is 1. The lowest BCUT2D eigenvalue weighted by Crippen LogP contribution is -2.37. The molecule has 1 aromatic heterocycles. The third-order valence-corrected chi connectivity index (χ3v) is 3.10. The van der Waals surface area contributed by atoms with Crippen molar-refractivity contribution in [2.45, 2.75) is 25.7 Å². The molecule has 2 rings (SSSR count). The molecule has 1 unspecified atom stereocenters. The van der Waals surface area contributed by atoms with Crippen molar-refractivity contribution in [3.05, 3.63) is 45.5 Å². The molecule has 3 N–H and O–H groups in total. The number of nitrogens with one attached hydrogen (secondary N) is 3. The third-order valence-electron chi connectivity index (χ3n) is 2.87. The molecule has 10 heteroatoms. The number of rotatable bonds is 7. The SMILES string of the molecule is CC1(C)OCC(CN/C(=C/[N+](=O)[O-])NNc2ccc(Cl)cn2)O1. The molecule has 0 spiro atoms. The van der Waals surface area contributed by atoms with Crippen molar-refractivity contribution < 1.29 is 14.4 Å². The van der Waals surface area contributed by atoms with Crippen LogP contribution in [0.3, 0.4) is 0 Å². The van der Waals surface area contributed by atoms with Gasteiger partial charge >= 0.3 is 0 Å². The summed E-state index contributed by atoms with van der Waals surface area (Å²) in [7, 11) is 0. The van der Waals surface area contributed by atoms with Crippen molar-refractivity contribution in [3.63, 3.8) is 0 Å². The maximum atomic E-state index is 10.7. The van der Waals surface area contributed by atoms with Crippen LogP contribution in [0.1, 0.15) is 13.8 Å². The largest absolute Gasteiger partial charge is 0.363 e. The van der Waals surface area contributed by atoms with Gasteiger partial charge in [0.05, 0.1) is 16.6 Å². The van der Waals surface area contributed by atoms with Gasteiger partial charge in [0, 0.05) is 12.7 Å². The Bertz CT molecular complexity index is 578. The van der Waals surface area contributed by atoms with Gasteiger partial charge in [0.1, 0.15) is 11.9 Å². The Morgan fingerprint density at radius 1 is 1.61 bits per heavy atom. The van der Waals surface area contributed by atoms with Gasteiger partial charge < -0.3 is 14.8 Å². The summed E-state index contributed by atoms with van der Waals surface area (Å²) in [5.41, 5.74) is 5.43. The zero-order valence-electron chi connectivity index (χ0n) is 12.7. The predicted octanol–water partition coefficient (Wildman–Crippen LogP) is 1.47. The summed E-state index contributed by atoms with van der Waals surface area (Å²) in [4.78, 5) is 14.1. The van der Waals surface area contributed by atoms with E-state index in [1.807, 2.05) is 13.8 Å². The van der Waals surface area contributed by atoms with Crippen LogP contribution >= 0.6 is 11.6 Å². The van der Waals surface area contributed by atoms with Crippen LogP contribution < -0.4 is 16.2 Å². The minimum atomic E-state index is -0.641. The highest BCUT2D eigenvalue weighted by Crippen LogP contribution is 2.21. The van der Waals surface area contributed by atoms with Crippen molar-refractivity contribution in [1.29, 1.82) is 0 Å². The number of hydrogen-bond donors (Lipinski definition) is 3. The Balaban J connectivity index is 1.87. The fraction of sp³-hybridized carbons (Fsp3) is 0.462. The maximum Gasteiger partial charge on any atom is 0.275 e. The van der Waals surface area contributed by atoms with Crippen molar-refractivity contribution >= 4 is 17.4 Å². The average Bonchev–Trinajstić information content (AvgIpc) is 2.82. The molecule has 1 saturated heterocycles. The second-order valence-electron chi connectivity index (χ2n) is 5.27. The number of hydrogen-bond acceptors (Lipinski definition) is 8. The number of aromatic nitrogens is 1. The first-order chi connectivity index (χ1) is 10.8. The van der Waals surface area contributed by atoms with Crippen molar-refractivity contribution in [1.82, 2.24) is 15.7 Å². The van der Waals surface area contributed by atoms with Gasteiger partial charge in [-0.05, 0) is 26.0 Å². The molecule has 1 atom stereocenters. The standard InChI is InChI=1S/C13H18ClN5O4/c1-13(2)22-8-10(23-13)6-16-12(7-19(20)21)18-17-11-4-3-9(14)5-15-11/h3-5,7,10,16,18H,6,8H2,1-2H3,(H,15,17)/b12-7-. The maximum absolute atomic E-state index is 10.7. The number of hydrazine groups is 1. The van der Waals surface area contributed by atoms with Gasteiger partial charge in [-0.2, -0.15) is 0 Å². The van der Waals surface area contributed by atoms with E-state index in [4.69, 9.17) is 21.1 Å². The van der Waals surface area contributed by atoms with E-state index in [9.17, 15) is 10.1 Å². The van der Waals surface area contributed by atoms with Gasteiger partial charge in [-0.3, -0.25) is 21.0 Å². The van der Waals surface area contributed by atoms with Crippen LogP contribution in [0, 0.1) is 10.1 Å². The summed E-state index contributed by atoms with van der Waals surface area (Å²) in [5, 5.41) is 14.1. The lowest BCUT2D eigenvalue weighted by atomic mass is 10.3. The van der Waals surface area contributed by atoms with Gasteiger partial charge in [0.15, 0.2) is 11.6 Å². The van der Waals surface area contributed by atoms with Crippen molar-refractivity contribution in [3.8, 4) is 0 Å². The third kappa shape index (κ3) is 5.89. The van der Waals surface area contributed by atoms with E-state index in [-0.39, 0.29) is 11.9 Å². The lowest BCUT2D eigenvalue weighted by molar-refractivity contribution is -0.404. The van der Waals surface area contributed by atoms with E-state index in [1.54, 1.807) is 12.1 Å². The molecule has 23 heavy (non-hydrogen) atoms. The molecule has 0 amide bonds. The van der Waals surface area contributed by atoms with Crippen LogP contribution in [0.15, 0.2) is 30.4 Å². The average molecular weight is 344 g/mol. The van der Waals surface area contributed by atoms with E-state index < -0.39 is 10.7 Å². The van der Waals surface area contributed by atoms with E-state index in [0.29, 0.717) is 24.0 Å². The number of halogens is 1. The Hall–Kier alpha value is -2.10. The molecule has 0 aromatic carbocycles. The Morgan fingerprint density at radius 3 is 2.96 bits per heavy atom. The quantitative estimate of drug-likeness (QED) is 0.504. The molecule has 0 bridgehead atoms. The second-order valence-corrected chi connectivity index (χ2v) is 5.71. The molecular weight excluding hydrogens is 326 g/mol. The predicted molar refractivity (Wildman–Crippen MR) is 84.0 cm³/mol. The van der Waals surface area contributed by atoms with Crippen molar-refractivity contribution in [2.24, 2.45) is 0 Å². The Kier molecular flexibility index (Phi) is 5.59.